The van der Waals surface area contributed by atoms with Crippen molar-refractivity contribution in [3.05, 3.63) is 64.7 Å². The van der Waals surface area contributed by atoms with E-state index >= 15 is 0 Å². The molecule has 27 heavy (non-hydrogen) atoms. The zero-order valence-corrected chi connectivity index (χ0v) is 16.2. The molecule has 0 amide bonds. The normalized spacial score (nSPS) is 16.4. The number of benzene rings is 2. The van der Waals surface area contributed by atoms with E-state index in [9.17, 15) is 9.90 Å². The van der Waals surface area contributed by atoms with Crippen LogP contribution in [0.5, 0.6) is 5.75 Å². The van der Waals surface area contributed by atoms with Crippen molar-refractivity contribution in [3.63, 3.8) is 0 Å². The van der Waals surface area contributed by atoms with E-state index in [1.165, 1.54) is 19.3 Å². The second kappa shape index (κ2) is 8.43. The lowest BCUT2D eigenvalue weighted by Crippen LogP contribution is -2.25. The highest BCUT2D eigenvalue weighted by Gasteiger charge is 2.31. The molecule has 0 saturated heterocycles. The van der Waals surface area contributed by atoms with Crippen molar-refractivity contribution in [2.24, 2.45) is 0 Å². The Morgan fingerprint density at radius 3 is 2.33 bits per heavy atom. The third-order valence-corrected chi connectivity index (χ3v) is 5.52. The quantitative estimate of drug-likeness (QED) is 0.526. The summed E-state index contributed by atoms with van der Waals surface area (Å²) in [5.74, 6) is 0.104. The van der Waals surface area contributed by atoms with Gasteiger partial charge in [-0.3, -0.25) is 0 Å². The molecule has 2 aromatic carbocycles. The van der Waals surface area contributed by atoms with Crippen LogP contribution >= 0.6 is 0 Å². The highest BCUT2D eigenvalue weighted by Crippen LogP contribution is 2.43. The monoisotopic (exact) mass is 364 g/mol. The smallest absolute Gasteiger partial charge is 0.338 e. The summed E-state index contributed by atoms with van der Waals surface area (Å²) >= 11 is 0. The summed E-state index contributed by atoms with van der Waals surface area (Å²) in [6.45, 7) is 4.44. The Hall–Kier alpha value is -2.55. The number of ether oxygens (including phenoxy) is 1. The molecule has 1 fully saturated rings. The number of rotatable bonds is 5. The van der Waals surface area contributed by atoms with Crippen LogP contribution in [0.3, 0.4) is 0 Å². The molecule has 142 valence electrons. The fraction of sp³-hybridized carbons (Fsp3) is 0.375. The van der Waals surface area contributed by atoms with E-state index in [0.717, 1.165) is 29.5 Å². The van der Waals surface area contributed by atoms with Gasteiger partial charge in [-0.1, -0.05) is 56.5 Å². The maximum atomic E-state index is 11.7. The summed E-state index contributed by atoms with van der Waals surface area (Å²) in [5.41, 5.74) is 3.77. The van der Waals surface area contributed by atoms with Crippen LogP contribution in [-0.4, -0.2) is 17.7 Å². The molecule has 0 atom stereocenters. The largest absolute Gasteiger partial charge is 0.508 e. The maximum absolute atomic E-state index is 11.7. The first-order valence-electron chi connectivity index (χ1n) is 9.80. The maximum Gasteiger partial charge on any atom is 0.338 e. The summed E-state index contributed by atoms with van der Waals surface area (Å²) in [7, 11) is 0. The van der Waals surface area contributed by atoms with Gasteiger partial charge in [-0.25, -0.2) is 4.79 Å². The minimum Gasteiger partial charge on any atom is -0.508 e. The van der Waals surface area contributed by atoms with Crippen molar-refractivity contribution in [1.82, 2.24) is 0 Å². The Kier molecular flexibility index (Phi) is 6.00. The molecule has 1 aliphatic rings. The van der Waals surface area contributed by atoms with E-state index in [-0.39, 0.29) is 11.4 Å². The molecule has 1 aliphatic carbocycles. The van der Waals surface area contributed by atoms with Gasteiger partial charge in [0.1, 0.15) is 5.75 Å². The Balaban J connectivity index is 1.77. The van der Waals surface area contributed by atoms with Gasteiger partial charge in [0.05, 0.1) is 12.2 Å². The third-order valence-electron chi connectivity index (χ3n) is 5.52. The summed E-state index contributed by atoms with van der Waals surface area (Å²) in [4.78, 5) is 11.7. The Morgan fingerprint density at radius 2 is 1.67 bits per heavy atom. The molecule has 0 bridgehead atoms. The molecule has 1 N–H and O–H groups in total. The zero-order chi connectivity index (χ0) is 19.3. The van der Waals surface area contributed by atoms with Gasteiger partial charge in [-0.15, -0.1) is 0 Å². The van der Waals surface area contributed by atoms with Crippen molar-refractivity contribution in [3.8, 4) is 5.75 Å². The molecular weight excluding hydrogens is 336 g/mol. The molecule has 1 saturated carbocycles. The van der Waals surface area contributed by atoms with Crippen LogP contribution in [0.4, 0.5) is 0 Å². The molecule has 0 unspecified atom stereocenters. The first-order valence-corrected chi connectivity index (χ1v) is 9.80. The first kappa shape index (κ1) is 19.2. The minimum atomic E-state index is -0.295. The fourth-order valence-electron chi connectivity index (χ4n) is 3.88. The van der Waals surface area contributed by atoms with Gasteiger partial charge >= 0.3 is 5.97 Å². The lowest BCUT2D eigenvalue weighted by atomic mass is 9.70. The van der Waals surface area contributed by atoms with Crippen molar-refractivity contribution >= 4 is 18.1 Å². The van der Waals surface area contributed by atoms with Gasteiger partial charge in [0.2, 0.25) is 0 Å². The van der Waals surface area contributed by atoms with Crippen LogP contribution in [0.15, 0.2) is 42.5 Å². The van der Waals surface area contributed by atoms with E-state index in [4.69, 9.17) is 4.74 Å². The van der Waals surface area contributed by atoms with Crippen LogP contribution in [0.2, 0.25) is 0 Å². The number of aromatic hydroxyl groups is 1. The summed E-state index contributed by atoms with van der Waals surface area (Å²) in [6, 6.07) is 13.2. The van der Waals surface area contributed by atoms with Crippen LogP contribution in [0, 0.1) is 0 Å². The number of hydrogen-bond donors (Lipinski definition) is 1. The molecule has 0 heterocycles. The van der Waals surface area contributed by atoms with Gasteiger partial charge in [0, 0.05) is 5.56 Å². The Bertz CT molecular complexity index is 812. The molecule has 0 aromatic heterocycles. The van der Waals surface area contributed by atoms with E-state index in [1.54, 1.807) is 25.1 Å². The predicted octanol–water partition coefficient (Wildman–Crippen LogP) is 5.96. The predicted molar refractivity (Wildman–Crippen MR) is 110 cm³/mol. The van der Waals surface area contributed by atoms with E-state index in [2.05, 4.69) is 19.1 Å². The van der Waals surface area contributed by atoms with Gasteiger partial charge in [0.15, 0.2) is 0 Å². The van der Waals surface area contributed by atoms with Crippen molar-refractivity contribution < 1.29 is 14.6 Å². The molecule has 2 aromatic rings. The molecule has 3 rings (SSSR count). The van der Waals surface area contributed by atoms with E-state index < -0.39 is 0 Å². The lowest BCUT2D eigenvalue weighted by Gasteiger charge is -2.34. The average molecular weight is 364 g/mol. The number of phenols is 1. The molecule has 0 aliphatic heterocycles. The van der Waals surface area contributed by atoms with Gasteiger partial charge < -0.3 is 9.84 Å². The van der Waals surface area contributed by atoms with Crippen LogP contribution in [-0.2, 0) is 10.2 Å². The molecule has 0 radical (unpaired) electrons. The highest BCUT2D eigenvalue weighted by atomic mass is 16.5. The Morgan fingerprint density at radius 1 is 1.04 bits per heavy atom. The second-order valence-corrected chi connectivity index (χ2v) is 7.57. The molecular formula is C24H28O3. The van der Waals surface area contributed by atoms with Gasteiger partial charge in [-0.05, 0) is 60.6 Å². The Labute approximate surface area is 161 Å². The number of esters is 1. The van der Waals surface area contributed by atoms with Crippen molar-refractivity contribution in [2.45, 2.75) is 51.4 Å². The van der Waals surface area contributed by atoms with Crippen molar-refractivity contribution in [2.75, 3.05) is 6.61 Å². The van der Waals surface area contributed by atoms with E-state index in [0.29, 0.717) is 17.9 Å². The topological polar surface area (TPSA) is 46.5 Å². The first-order chi connectivity index (χ1) is 13.0. The van der Waals surface area contributed by atoms with Gasteiger partial charge in [0.25, 0.3) is 0 Å². The zero-order valence-electron chi connectivity index (χ0n) is 16.2. The standard InChI is InChI=1S/C24H28O3/c1-3-27-23(26)20-12-9-18(10-13-20)7-8-19-11-14-22(25)21(17-19)24(2)15-5-4-6-16-24/h7-14,17,25H,3-6,15-16H2,1-2H3. The lowest BCUT2D eigenvalue weighted by molar-refractivity contribution is 0.0526. The second-order valence-electron chi connectivity index (χ2n) is 7.57. The third kappa shape index (κ3) is 4.60. The fourth-order valence-corrected chi connectivity index (χ4v) is 3.88. The highest BCUT2D eigenvalue weighted by molar-refractivity contribution is 5.89. The SMILES string of the molecule is CCOC(=O)c1ccc(C=Cc2ccc(O)c(C3(C)CCCCC3)c2)cc1. The molecule has 3 nitrogen and oxygen atoms in total. The van der Waals surface area contributed by atoms with Crippen molar-refractivity contribution in [1.29, 1.82) is 0 Å². The molecule has 0 spiro atoms. The number of phenolic OH excluding ortho intramolecular Hbond substituents is 1. The summed E-state index contributed by atoms with van der Waals surface area (Å²) in [5, 5.41) is 10.4. The minimum absolute atomic E-state index is 0.0630. The van der Waals surface area contributed by atoms with Gasteiger partial charge in [-0.2, -0.15) is 0 Å². The number of carbonyl (C=O) groups is 1. The van der Waals surface area contributed by atoms with E-state index in [1.807, 2.05) is 24.3 Å². The van der Waals surface area contributed by atoms with Crippen LogP contribution in [0.1, 0.15) is 73.0 Å². The summed E-state index contributed by atoms with van der Waals surface area (Å²) < 4.78 is 5.01. The number of hydrogen-bond acceptors (Lipinski definition) is 3. The van der Waals surface area contributed by atoms with Crippen LogP contribution in [0.25, 0.3) is 12.2 Å². The summed E-state index contributed by atoms with van der Waals surface area (Å²) in [6.07, 6.45) is 10.1. The molecule has 3 heteroatoms. The average Bonchev–Trinajstić information content (AvgIpc) is 2.68. The van der Waals surface area contributed by atoms with Crippen LogP contribution < -0.4 is 0 Å². The number of carbonyl (C=O) groups excluding carboxylic acids is 1.